The molecule has 0 fully saturated rings. The van der Waals surface area contributed by atoms with Crippen molar-refractivity contribution in [1.29, 1.82) is 0 Å². The number of hydrazone groups is 1. The van der Waals surface area contributed by atoms with E-state index in [0.29, 0.717) is 17.1 Å². The van der Waals surface area contributed by atoms with Gasteiger partial charge in [0.25, 0.3) is 5.69 Å². The van der Waals surface area contributed by atoms with Gasteiger partial charge in [-0.15, -0.1) is 0 Å². The molecule has 0 aliphatic heterocycles. The lowest BCUT2D eigenvalue weighted by molar-refractivity contribution is -0.384. The molecule has 6 nitrogen and oxygen atoms in total. The number of nitro groups is 1. The molecule has 0 heterocycles. The Bertz CT molecular complexity index is 784. The molecular weight excluding hydrogens is 355 g/mol. The molecule has 2 rings (SSSR count). The summed E-state index contributed by atoms with van der Waals surface area (Å²) in [5.41, 5.74) is 3.73. The third-order valence-corrected chi connectivity index (χ3v) is 3.51. The summed E-state index contributed by atoms with van der Waals surface area (Å²) in [6.45, 7) is 0.402. The van der Waals surface area contributed by atoms with E-state index in [-0.39, 0.29) is 16.6 Å². The van der Waals surface area contributed by atoms with Gasteiger partial charge in [-0.3, -0.25) is 15.5 Å². The third kappa shape index (κ3) is 5.25. The van der Waals surface area contributed by atoms with Gasteiger partial charge in [0.1, 0.15) is 5.82 Å². The molecule has 2 N–H and O–H groups in total. The van der Waals surface area contributed by atoms with E-state index >= 15 is 0 Å². The Labute approximate surface area is 147 Å². The molecule has 0 spiro atoms. The smallest absolute Gasteiger partial charge is 0.270 e. The van der Waals surface area contributed by atoms with Crippen LogP contribution in [0.2, 0.25) is 5.02 Å². The lowest BCUT2D eigenvalue weighted by Crippen LogP contribution is -2.31. The van der Waals surface area contributed by atoms with Gasteiger partial charge in [0.2, 0.25) is 0 Å². The highest BCUT2D eigenvalue weighted by molar-refractivity contribution is 7.80. The van der Waals surface area contributed by atoms with Crippen LogP contribution in [0.3, 0.4) is 0 Å². The first kappa shape index (κ1) is 17.8. The summed E-state index contributed by atoms with van der Waals surface area (Å²) < 4.78 is 12.8. The van der Waals surface area contributed by atoms with E-state index in [0.717, 1.165) is 5.56 Å². The molecule has 0 atom stereocenters. The maximum absolute atomic E-state index is 12.8. The predicted molar refractivity (Wildman–Crippen MR) is 94.7 cm³/mol. The Morgan fingerprint density at radius 3 is 2.71 bits per heavy atom. The van der Waals surface area contributed by atoms with Gasteiger partial charge >= 0.3 is 0 Å². The topological polar surface area (TPSA) is 79.6 Å². The summed E-state index contributed by atoms with van der Waals surface area (Å²) in [6, 6.07) is 10.0. The normalized spacial score (nSPS) is 10.6. The fourth-order valence-electron chi connectivity index (χ4n) is 1.73. The summed E-state index contributed by atoms with van der Waals surface area (Å²) in [5.74, 6) is -0.308. The molecule has 9 heteroatoms. The van der Waals surface area contributed by atoms with Gasteiger partial charge in [0.05, 0.1) is 11.1 Å². The number of nitro benzene ring substituents is 1. The molecule has 0 aliphatic rings. The second-order valence-corrected chi connectivity index (χ2v) is 5.46. The molecule has 0 amide bonds. The van der Waals surface area contributed by atoms with Crippen molar-refractivity contribution in [2.75, 3.05) is 0 Å². The monoisotopic (exact) mass is 366 g/mol. The molecule has 0 radical (unpaired) electrons. The van der Waals surface area contributed by atoms with E-state index in [4.69, 9.17) is 23.8 Å². The fourth-order valence-corrected chi connectivity index (χ4v) is 2.02. The Morgan fingerprint density at radius 1 is 1.33 bits per heavy atom. The van der Waals surface area contributed by atoms with Crippen LogP contribution >= 0.6 is 23.8 Å². The van der Waals surface area contributed by atoms with Crippen LogP contribution in [-0.2, 0) is 6.54 Å². The molecule has 0 saturated heterocycles. The van der Waals surface area contributed by atoms with Gasteiger partial charge in [-0.2, -0.15) is 5.10 Å². The summed E-state index contributed by atoms with van der Waals surface area (Å²) in [5, 5.41) is 18.1. The molecule has 0 aliphatic carbocycles. The minimum atomic E-state index is -0.518. The van der Waals surface area contributed by atoms with Gasteiger partial charge in [0.15, 0.2) is 5.11 Å². The quantitative estimate of drug-likeness (QED) is 0.367. The number of nitrogens with zero attached hydrogens (tertiary/aromatic N) is 2. The molecule has 0 aromatic heterocycles. The van der Waals surface area contributed by atoms with Crippen LogP contribution in [-0.4, -0.2) is 16.3 Å². The Kier molecular flexibility index (Phi) is 6.16. The number of hydrogen-bond acceptors (Lipinski definition) is 4. The van der Waals surface area contributed by atoms with Gasteiger partial charge in [-0.05, 0) is 36.0 Å². The number of thiocarbonyl (C=S) groups is 1. The molecular formula is C15H12ClFN4O2S. The summed E-state index contributed by atoms with van der Waals surface area (Å²) >= 11 is 11.0. The van der Waals surface area contributed by atoms with Crippen molar-refractivity contribution in [3.8, 4) is 0 Å². The van der Waals surface area contributed by atoms with Gasteiger partial charge in [0, 0.05) is 29.3 Å². The highest BCUT2D eigenvalue weighted by Crippen LogP contribution is 2.20. The maximum atomic E-state index is 12.8. The maximum Gasteiger partial charge on any atom is 0.270 e. The van der Waals surface area contributed by atoms with Crippen LogP contribution in [0.5, 0.6) is 0 Å². The van der Waals surface area contributed by atoms with Crippen molar-refractivity contribution in [2.24, 2.45) is 5.10 Å². The predicted octanol–water partition coefficient (Wildman–Crippen LogP) is 3.39. The fraction of sp³-hybridized carbons (Fsp3) is 0.0667. The highest BCUT2D eigenvalue weighted by atomic mass is 35.5. The lowest BCUT2D eigenvalue weighted by Gasteiger charge is -2.07. The summed E-state index contributed by atoms with van der Waals surface area (Å²) in [4.78, 5) is 10.2. The number of hydrogen-bond donors (Lipinski definition) is 2. The third-order valence-electron chi connectivity index (χ3n) is 2.93. The van der Waals surface area contributed by atoms with Crippen molar-refractivity contribution >= 4 is 40.8 Å². The van der Waals surface area contributed by atoms with Crippen LogP contribution in [0.4, 0.5) is 10.1 Å². The minimum absolute atomic E-state index is 0.0853. The number of rotatable bonds is 5. The van der Waals surface area contributed by atoms with E-state index in [9.17, 15) is 14.5 Å². The number of nitrogens with one attached hydrogen (secondary N) is 2. The highest BCUT2D eigenvalue weighted by Gasteiger charge is 2.08. The zero-order chi connectivity index (χ0) is 17.5. The molecule has 2 aromatic rings. The Morgan fingerprint density at radius 2 is 2.04 bits per heavy atom. The summed E-state index contributed by atoms with van der Waals surface area (Å²) in [6.07, 6.45) is 1.33. The zero-order valence-electron chi connectivity index (χ0n) is 12.2. The van der Waals surface area contributed by atoms with Crippen LogP contribution in [0, 0.1) is 15.9 Å². The average molecular weight is 367 g/mol. The van der Waals surface area contributed by atoms with E-state index < -0.39 is 4.92 Å². The van der Waals surface area contributed by atoms with Crippen molar-refractivity contribution < 1.29 is 9.31 Å². The van der Waals surface area contributed by atoms with Gasteiger partial charge in [-0.1, -0.05) is 23.7 Å². The number of benzene rings is 2. The number of non-ortho nitro benzene ring substituents is 1. The Balaban J connectivity index is 1.89. The number of halogens is 2. The van der Waals surface area contributed by atoms with Crippen LogP contribution in [0.15, 0.2) is 47.6 Å². The standard InChI is InChI=1S/C15H12ClFN4O2S/c16-14-6-5-13(21(22)23)7-11(14)9-19-20-15(24)18-8-10-1-3-12(17)4-2-10/h1-7,9H,8H2,(H2,18,20,24)/b19-9-. The van der Waals surface area contributed by atoms with E-state index in [2.05, 4.69) is 15.8 Å². The van der Waals surface area contributed by atoms with Crippen LogP contribution in [0.25, 0.3) is 0 Å². The van der Waals surface area contributed by atoms with Gasteiger partial charge in [-0.25, -0.2) is 4.39 Å². The van der Waals surface area contributed by atoms with E-state index in [1.165, 1.54) is 36.5 Å². The lowest BCUT2D eigenvalue weighted by atomic mass is 10.2. The summed E-state index contributed by atoms with van der Waals surface area (Å²) in [7, 11) is 0. The Hall–Kier alpha value is -2.58. The van der Waals surface area contributed by atoms with Crippen LogP contribution < -0.4 is 10.7 Å². The van der Waals surface area contributed by atoms with Crippen molar-refractivity contribution in [3.05, 3.63) is 74.5 Å². The van der Waals surface area contributed by atoms with E-state index in [1.54, 1.807) is 12.1 Å². The molecule has 24 heavy (non-hydrogen) atoms. The molecule has 0 unspecified atom stereocenters. The second-order valence-electron chi connectivity index (χ2n) is 4.64. The zero-order valence-corrected chi connectivity index (χ0v) is 13.8. The van der Waals surface area contributed by atoms with Crippen molar-refractivity contribution in [1.82, 2.24) is 10.7 Å². The van der Waals surface area contributed by atoms with Crippen molar-refractivity contribution in [2.45, 2.75) is 6.54 Å². The first-order valence-corrected chi connectivity index (χ1v) is 7.49. The first-order chi connectivity index (χ1) is 11.5. The largest absolute Gasteiger partial charge is 0.357 e. The van der Waals surface area contributed by atoms with Crippen molar-refractivity contribution in [3.63, 3.8) is 0 Å². The second kappa shape index (κ2) is 8.32. The molecule has 0 saturated carbocycles. The first-order valence-electron chi connectivity index (χ1n) is 6.71. The minimum Gasteiger partial charge on any atom is -0.357 e. The average Bonchev–Trinajstić information content (AvgIpc) is 2.56. The van der Waals surface area contributed by atoms with Gasteiger partial charge < -0.3 is 5.32 Å². The van der Waals surface area contributed by atoms with Crippen LogP contribution in [0.1, 0.15) is 11.1 Å². The molecule has 124 valence electrons. The molecule has 2 aromatic carbocycles. The molecule has 0 bridgehead atoms. The SMILES string of the molecule is O=[N+]([O-])c1ccc(Cl)c(/C=N\NC(=S)NCc2ccc(F)cc2)c1. The van der Waals surface area contributed by atoms with E-state index in [1.807, 2.05) is 0 Å².